The highest BCUT2D eigenvalue weighted by molar-refractivity contribution is 5.13. The molecule has 84 valence electrons. The Morgan fingerprint density at radius 1 is 1.47 bits per heavy atom. The summed E-state index contributed by atoms with van der Waals surface area (Å²) in [6.45, 7) is 8.77. The summed E-state index contributed by atoms with van der Waals surface area (Å²) in [5.41, 5.74) is 1.12. The lowest BCUT2D eigenvalue weighted by Crippen LogP contribution is -2.14. The zero-order chi connectivity index (χ0) is 10.8. The van der Waals surface area contributed by atoms with Gasteiger partial charge in [-0.2, -0.15) is 0 Å². The minimum Gasteiger partial charge on any atom is -0.361 e. The molecule has 1 aromatic rings. The standard InChI is InChI=1S/C12H20N2O/c1-8(2)12-6-11(14-15-12)9(3)10-4-5-13-7-10/h6,8-10,13H,4-5,7H2,1-3H3. The van der Waals surface area contributed by atoms with E-state index < -0.39 is 0 Å². The van der Waals surface area contributed by atoms with Crippen molar-refractivity contribution in [1.82, 2.24) is 10.5 Å². The minimum absolute atomic E-state index is 0.431. The summed E-state index contributed by atoms with van der Waals surface area (Å²) in [6.07, 6.45) is 1.25. The molecule has 1 N–H and O–H groups in total. The lowest BCUT2D eigenvalue weighted by molar-refractivity contribution is 0.354. The second kappa shape index (κ2) is 4.35. The molecule has 2 heterocycles. The molecule has 0 saturated carbocycles. The zero-order valence-corrected chi connectivity index (χ0v) is 9.79. The Labute approximate surface area is 91.2 Å². The third-order valence-corrected chi connectivity index (χ3v) is 3.39. The van der Waals surface area contributed by atoms with Gasteiger partial charge in [-0.15, -0.1) is 0 Å². The van der Waals surface area contributed by atoms with E-state index in [-0.39, 0.29) is 0 Å². The fourth-order valence-electron chi connectivity index (χ4n) is 2.14. The molecule has 0 bridgehead atoms. The van der Waals surface area contributed by atoms with Crippen LogP contribution in [0.4, 0.5) is 0 Å². The average molecular weight is 208 g/mol. The maximum absolute atomic E-state index is 5.34. The molecule has 1 saturated heterocycles. The summed E-state index contributed by atoms with van der Waals surface area (Å²) >= 11 is 0. The van der Waals surface area contributed by atoms with Crippen molar-refractivity contribution in [2.24, 2.45) is 5.92 Å². The molecule has 15 heavy (non-hydrogen) atoms. The van der Waals surface area contributed by atoms with Crippen LogP contribution >= 0.6 is 0 Å². The molecule has 1 fully saturated rings. The number of aromatic nitrogens is 1. The molecule has 0 radical (unpaired) electrons. The molecule has 0 aliphatic carbocycles. The van der Waals surface area contributed by atoms with Gasteiger partial charge in [0.1, 0.15) is 5.76 Å². The summed E-state index contributed by atoms with van der Waals surface area (Å²) in [6, 6.07) is 2.12. The van der Waals surface area contributed by atoms with E-state index >= 15 is 0 Å². The summed E-state index contributed by atoms with van der Waals surface area (Å²) in [5, 5.41) is 7.57. The Balaban J connectivity index is 2.07. The molecular formula is C12H20N2O. The van der Waals surface area contributed by atoms with E-state index in [1.165, 1.54) is 6.42 Å². The first-order valence-electron chi connectivity index (χ1n) is 5.85. The van der Waals surface area contributed by atoms with Crippen LogP contribution in [0.5, 0.6) is 0 Å². The fourth-order valence-corrected chi connectivity index (χ4v) is 2.14. The van der Waals surface area contributed by atoms with Gasteiger partial charge in [-0.05, 0) is 25.4 Å². The van der Waals surface area contributed by atoms with Crippen molar-refractivity contribution in [1.29, 1.82) is 0 Å². The maximum atomic E-state index is 5.34. The normalized spacial score (nSPS) is 23.6. The van der Waals surface area contributed by atoms with E-state index in [1.54, 1.807) is 0 Å². The molecular weight excluding hydrogens is 188 g/mol. The molecule has 0 aromatic carbocycles. The second-order valence-electron chi connectivity index (χ2n) is 4.85. The van der Waals surface area contributed by atoms with Crippen molar-refractivity contribution in [3.63, 3.8) is 0 Å². The molecule has 2 atom stereocenters. The van der Waals surface area contributed by atoms with Crippen LogP contribution in [-0.2, 0) is 0 Å². The quantitative estimate of drug-likeness (QED) is 0.829. The number of rotatable bonds is 3. The van der Waals surface area contributed by atoms with Crippen LogP contribution in [0.15, 0.2) is 10.6 Å². The Morgan fingerprint density at radius 2 is 2.27 bits per heavy atom. The number of hydrogen-bond donors (Lipinski definition) is 1. The molecule has 0 amide bonds. The Morgan fingerprint density at radius 3 is 2.80 bits per heavy atom. The Bertz CT molecular complexity index is 313. The highest BCUT2D eigenvalue weighted by Gasteiger charge is 2.25. The van der Waals surface area contributed by atoms with Crippen LogP contribution in [0.25, 0.3) is 0 Å². The minimum atomic E-state index is 0.431. The maximum Gasteiger partial charge on any atom is 0.139 e. The van der Waals surface area contributed by atoms with Gasteiger partial charge in [0.2, 0.25) is 0 Å². The molecule has 2 rings (SSSR count). The number of nitrogens with zero attached hydrogens (tertiary/aromatic N) is 1. The fraction of sp³-hybridized carbons (Fsp3) is 0.750. The smallest absolute Gasteiger partial charge is 0.139 e. The van der Waals surface area contributed by atoms with Crippen LogP contribution in [-0.4, -0.2) is 18.2 Å². The second-order valence-corrected chi connectivity index (χ2v) is 4.85. The molecule has 2 unspecified atom stereocenters. The first-order valence-corrected chi connectivity index (χ1v) is 5.85. The van der Waals surface area contributed by atoms with Gasteiger partial charge < -0.3 is 9.84 Å². The van der Waals surface area contributed by atoms with E-state index in [9.17, 15) is 0 Å². The topological polar surface area (TPSA) is 38.1 Å². The predicted molar refractivity (Wildman–Crippen MR) is 60.0 cm³/mol. The lowest BCUT2D eigenvalue weighted by Gasteiger charge is -2.14. The van der Waals surface area contributed by atoms with Gasteiger partial charge in [0.15, 0.2) is 0 Å². The van der Waals surface area contributed by atoms with Crippen molar-refractivity contribution in [3.05, 3.63) is 17.5 Å². The summed E-state index contributed by atoms with van der Waals surface area (Å²) in [7, 11) is 0. The van der Waals surface area contributed by atoms with Gasteiger partial charge in [0, 0.05) is 17.9 Å². The largest absolute Gasteiger partial charge is 0.361 e. The van der Waals surface area contributed by atoms with Crippen molar-refractivity contribution in [2.75, 3.05) is 13.1 Å². The Hall–Kier alpha value is -0.830. The van der Waals surface area contributed by atoms with Crippen molar-refractivity contribution < 1.29 is 4.52 Å². The highest BCUT2D eigenvalue weighted by Crippen LogP contribution is 2.29. The van der Waals surface area contributed by atoms with Crippen molar-refractivity contribution in [2.45, 2.75) is 39.0 Å². The van der Waals surface area contributed by atoms with E-state index in [2.05, 4.69) is 37.3 Å². The van der Waals surface area contributed by atoms with Gasteiger partial charge >= 0.3 is 0 Å². The predicted octanol–water partition coefficient (Wildman–Crippen LogP) is 2.51. The van der Waals surface area contributed by atoms with E-state index in [1.807, 2.05) is 0 Å². The summed E-state index contributed by atoms with van der Waals surface area (Å²) < 4.78 is 5.34. The average Bonchev–Trinajstić information content (AvgIpc) is 2.88. The van der Waals surface area contributed by atoms with Crippen LogP contribution < -0.4 is 5.32 Å². The highest BCUT2D eigenvalue weighted by atomic mass is 16.5. The van der Waals surface area contributed by atoms with Crippen LogP contribution in [0.2, 0.25) is 0 Å². The van der Waals surface area contributed by atoms with Crippen molar-refractivity contribution in [3.8, 4) is 0 Å². The molecule has 1 aliphatic heterocycles. The molecule has 0 spiro atoms. The van der Waals surface area contributed by atoms with Crippen LogP contribution in [0, 0.1) is 5.92 Å². The van der Waals surface area contributed by atoms with Crippen LogP contribution in [0.1, 0.15) is 50.5 Å². The number of hydrogen-bond acceptors (Lipinski definition) is 3. The monoisotopic (exact) mass is 208 g/mol. The first kappa shape index (κ1) is 10.7. The van der Waals surface area contributed by atoms with Gasteiger partial charge in [-0.3, -0.25) is 0 Å². The van der Waals surface area contributed by atoms with E-state index in [0.717, 1.165) is 30.5 Å². The third kappa shape index (κ3) is 2.23. The Kier molecular flexibility index (Phi) is 3.10. The summed E-state index contributed by atoms with van der Waals surface area (Å²) in [4.78, 5) is 0. The van der Waals surface area contributed by atoms with Gasteiger partial charge in [-0.1, -0.05) is 25.9 Å². The molecule has 1 aromatic heterocycles. The van der Waals surface area contributed by atoms with Gasteiger partial charge in [0.25, 0.3) is 0 Å². The van der Waals surface area contributed by atoms with E-state index in [0.29, 0.717) is 11.8 Å². The first-order chi connectivity index (χ1) is 7.18. The van der Waals surface area contributed by atoms with Crippen LogP contribution in [0.3, 0.4) is 0 Å². The van der Waals surface area contributed by atoms with Crippen molar-refractivity contribution >= 4 is 0 Å². The number of nitrogens with one attached hydrogen (secondary N) is 1. The SMILES string of the molecule is CC(C)c1cc(C(C)C2CCNC2)no1. The van der Waals surface area contributed by atoms with E-state index in [4.69, 9.17) is 4.52 Å². The zero-order valence-electron chi connectivity index (χ0n) is 9.79. The van der Waals surface area contributed by atoms with Gasteiger partial charge in [-0.25, -0.2) is 0 Å². The molecule has 1 aliphatic rings. The third-order valence-electron chi connectivity index (χ3n) is 3.39. The molecule has 3 nitrogen and oxygen atoms in total. The molecule has 3 heteroatoms. The summed E-state index contributed by atoms with van der Waals surface area (Å²) in [5.74, 6) is 2.66. The lowest BCUT2D eigenvalue weighted by atomic mass is 9.90. The van der Waals surface area contributed by atoms with Gasteiger partial charge in [0.05, 0.1) is 5.69 Å².